The van der Waals surface area contributed by atoms with Crippen LogP contribution >= 0.6 is 0 Å². The third kappa shape index (κ3) is 4.27. The van der Waals surface area contributed by atoms with Crippen molar-refractivity contribution in [2.75, 3.05) is 4.72 Å². The maximum atomic E-state index is 12.4. The first kappa shape index (κ1) is 17.2. The topological polar surface area (TPSA) is 98.5 Å². The van der Waals surface area contributed by atoms with Crippen molar-refractivity contribution in [3.05, 3.63) is 58.6 Å². The van der Waals surface area contributed by atoms with Crippen LogP contribution in [-0.4, -0.2) is 19.4 Å². The lowest BCUT2D eigenvalue weighted by Gasteiger charge is -2.13. The van der Waals surface area contributed by atoms with Crippen molar-refractivity contribution in [1.29, 1.82) is 0 Å². The summed E-state index contributed by atoms with van der Waals surface area (Å²) in [7, 11) is -3.90. The number of sulfonamides is 1. The number of nitro benzene ring substituents is 1. The molecule has 7 nitrogen and oxygen atoms in total. The second-order valence-corrected chi connectivity index (χ2v) is 7.59. The molecule has 0 saturated heterocycles. The molecule has 0 atom stereocenters. The summed E-state index contributed by atoms with van der Waals surface area (Å²) in [5.74, 6) is 0.699. The highest BCUT2D eigenvalue weighted by molar-refractivity contribution is 7.92. The summed E-state index contributed by atoms with van der Waals surface area (Å²) in [5.41, 5.74) is 0.0912. The zero-order valence-electron chi connectivity index (χ0n) is 13.4. The molecule has 1 fully saturated rings. The number of ether oxygens (including phenoxy) is 1. The quantitative estimate of drug-likeness (QED) is 0.624. The van der Waals surface area contributed by atoms with Crippen LogP contribution in [0.1, 0.15) is 25.7 Å². The molecule has 1 N–H and O–H groups in total. The lowest BCUT2D eigenvalue weighted by molar-refractivity contribution is -0.385. The maximum Gasteiger partial charge on any atom is 0.270 e. The minimum atomic E-state index is -3.90. The number of non-ortho nitro benzene ring substituents is 1. The van der Waals surface area contributed by atoms with Gasteiger partial charge in [-0.3, -0.25) is 14.8 Å². The fourth-order valence-corrected chi connectivity index (χ4v) is 3.88. The monoisotopic (exact) mass is 362 g/mol. The van der Waals surface area contributed by atoms with E-state index in [0.717, 1.165) is 18.9 Å². The predicted octanol–water partition coefficient (Wildman–Crippen LogP) is 3.72. The SMILES string of the molecule is O=[N+]([O-])c1cccc(S(=O)(=O)Nc2ccc(OC3CCCC3)cc2)c1. The third-order valence-electron chi connectivity index (χ3n) is 4.05. The predicted molar refractivity (Wildman–Crippen MR) is 93.2 cm³/mol. The third-order valence-corrected chi connectivity index (χ3v) is 5.43. The molecular formula is C17H18N2O5S. The molecule has 132 valence electrons. The smallest absolute Gasteiger partial charge is 0.270 e. The van der Waals surface area contributed by atoms with Gasteiger partial charge in [0, 0.05) is 17.8 Å². The minimum absolute atomic E-state index is 0.159. The van der Waals surface area contributed by atoms with Crippen molar-refractivity contribution in [3.8, 4) is 5.75 Å². The summed E-state index contributed by atoms with van der Waals surface area (Å²) in [6, 6.07) is 11.6. The van der Waals surface area contributed by atoms with Gasteiger partial charge in [-0.1, -0.05) is 6.07 Å². The second kappa shape index (κ2) is 7.10. The van der Waals surface area contributed by atoms with Crippen LogP contribution in [0.3, 0.4) is 0 Å². The Morgan fingerprint density at radius 1 is 1.08 bits per heavy atom. The summed E-state index contributed by atoms with van der Waals surface area (Å²) in [6.45, 7) is 0. The highest BCUT2D eigenvalue weighted by Gasteiger charge is 2.19. The molecule has 0 unspecified atom stereocenters. The number of rotatable bonds is 6. The van der Waals surface area contributed by atoms with Gasteiger partial charge in [0.1, 0.15) is 5.75 Å². The molecule has 25 heavy (non-hydrogen) atoms. The molecule has 0 radical (unpaired) electrons. The summed E-state index contributed by atoms with van der Waals surface area (Å²) in [4.78, 5) is 10.0. The van der Waals surface area contributed by atoms with Crippen LogP contribution in [0.25, 0.3) is 0 Å². The van der Waals surface area contributed by atoms with Gasteiger partial charge >= 0.3 is 0 Å². The maximum absolute atomic E-state index is 12.4. The molecule has 0 aliphatic heterocycles. The van der Waals surface area contributed by atoms with Crippen LogP contribution in [0.15, 0.2) is 53.4 Å². The Morgan fingerprint density at radius 2 is 1.76 bits per heavy atom. The first-order valence-corrected chi connectivity index (χ1v) is 9.46. The van der Waals surface area contributed by atoms with Gasteiger partial charge in [0.15, 0.2) is 0 Å². The Kier molecular flexibility index (Phi) is 4.89. The van der Waals surface area contributed by atoms with E-state index in [-0.39, 0.29) is 16.7 Å². The van der Waals surface area contributed by atoms with Crippen LogP contribution in [-0.2, 0) is 10.0 Å². The van der Waals surface area contributed by atoms with E-state index in [1.165, 1.54) is 31.0 Å². The van der Waals surface area contributed by atoms with E-state index < -0.39 is 14.9 Å². The van der Waals surface area contributed by atoms with Gasteiger partial charge in [-0.2, -0.15) is 0 Å². The highest BCUT2D eigenvalue weighted by Crippen LogP contribution is 2.26. The van der Waals surface area contributed by atoms with Crippen molar-refractivity contribution < 1.29 is 18.1 Å². The van der Waals surface area contributed by atoms with Crippen LogP contribution in [0, 0.1) is 10.1 Å². The van der Waals surface area contributed by atoms with Gasteiger partial charge in [0.2, 0.25) is 0 Å². The molecule has 1 aliphatic rings. The lowest BCUT2D eigenvalue weighted by Crippen LogP contribution is -2.13. The van der Waals surface area contributed by atoms with Gasteiger partial charge in [0.05, 0.1) is 15.9 Å². The van der Waals surface area contributed by atoms with Gasteiger partial charge in [0.25, 0.3) is 15.7 Å². The molecule has 0 amide bonds. The van der Waals surface area contributed by atoms with E-state index in [4.69, 9.17) is 4.74 Å². The van der Waals surface area contributed by atoms with E-state index >= 15 is 0 Å². The van der Waals surface area contributed by atoms with E-state index in [0.29, 0.717) is 11.4 Å². The average Bonchev–Trinajstić information content (AvgIpc) is 3.09. The summed E-state index contributed by atoms with van der Waals surface area (Å²) >= 11 is 0. The van der Waals surface area contributed by atoms with E-state index in [2.05, 4.69) is 4.72 Å². The first-order valence-electron chi connectivity index (χ1n) is 7.98. The van der Waals surface area contributed by atoms with Crippen molar-refractivity contribution in [2.45, 2.75) is 36.7 Å². The number of hydrogen-bond acceptors (Lipinski definition) is 5. The van der Waals surface area contributed by atoms with E-state index in [9.17, 15) is 18.5 Å². The molecular weight excluding hydrogens is 344 g/mol. The van der Waals surface area contributed by atoms with Crippen molar-refractivity contribution >= 4 is 21.4 Å². The lowest BCUT2D eigenvalue weighted by atomic mass is 10.3. The van der Waals surface area contributed by atoms with Crippen molar-refractivity contribution in [2.24, 2.45) is 0 Å². The number of nitrogens with zero attached hydrogens (tertiary/aromatic N) is 1. The summed E-state index contributed by atoms with van der Waals surface area (Å²) in [6.07, 6.45) is 4.66. The Morgan fingerprint density at radius 3 is 2.40 bits per heavy atom. The molecule has 0 spiro atoms. The van der Waals surface area contributed by atoms with Gasteiger partial charge in [-0.25, -0.2) is 8.42 Å². The first-order chi connectivity index (χ1) is 11.9. The number of benzene rings is 2. The van der Waals surface area contributed by atoms with Gasteiger partial charge < -0.3 is 4.74 Å². The Labute approximate surface area is 145 Å². The van der Waals surface area contributed by atoms with Crippen molar-refractivity contribution in [3.63, 3.8) is 0 Å². The van der Waals surface area contributed by atoms with Crippen LogP contribution < -0.4 is 9.46 Å². The standard InChI is InChI=1S/C17H18N2O5S/c20-19(21)14-4-3-7-17(12-14)25(22,23)18-13-8-10-16(11-9-13)24-15-5-1-2-6-15/h3-4,7-12,15,18H,1-2,5-6H2. The summed E-state index contributed by atoms with van der Waals surface area (Å²) < 4.78 is 33.0. The molecule has 0 bridgehead atoms. The number of nitro groups is 1. The fraction of sp³-hybridized carbons (Fsp3) is 0.294. The zero-order chi connectivity index (χ0) is 17.9. The second-order valence-electron chi connectivity index (χ2n) is 5.91. The molecule has 1 saturated carbocycles. The van der Waals surface area contributed by atoms with E-state index in [1.807, 2.05) is 0 Å². The van der Waals surface area contributed by atoms with Crippen LogP contribution in [0.5, 0.6) is 5.75 Å². The molecule has 1 aliphatic carbocycles. The Hall–Kier alpha value is -2.61. The van der Waals surface area contributed by atoms with Crippen molar-refractivity contribution in [1.82, 2.24) is 0 Å². The largest absolute Gasteiger partial charge is 0.490 e. The van der Waals surface area contributed by atoms with Crippen LogP contribution in [0.4, 0.5) is 11.4 Å². The minimum Gasteiger partial charge on any atom is -0.490 e. The van der Waals surface area contributed by atoms with Gasteiger partial charge in [-0.15, -0.1) is 0 Å². The number of anilines is 1. The Balaban J connectivity index is 1.72. The molecule has 2 aromatic carbocycles. The number of hydrogen-bond donors (Lipinski definition) is 1. The normalized spacial score (nSPS) is 15.0. The van der Waals surface area contributed by atoms with Gasteiger partial charge in [-0.05, 0) is 56.0 Å². The molecule has 8 heteroatoms. The number of nitrogens with one attached hydrogen (secondary N) is 1. The van der Waals surface area contributed by atoms with Crippen LogP contribution in [0.2, 0.25) is 0 Å². The molecule has 2 aromatic rings. The van der Waals surface area contributed by atoms with E-state index in [1.54, 1.807) is 24.3 Å². The highest BCUT2D eigenvalue weighted by atomic mass is 32.2. The molecule has 0 heterocycles. The molecule has 0 aromatic heterocycles. The Bertz CT molecular complexity index is 859. The zero-order valence-corrected chi connectivity index (χ0v) is 14.2. The summed E-state index contributed by atoms with van der Waals surface area (Å²) in [5, 5.41) is 10.8. The molecule has 3 rings (SSSR count). The fourth-order valence-electron chi connectivity index (χ4n) is 2.78. The average molecular weight is 362 g/mol.